The molecule has 1 aromatic carbocycles. The number of para-hydroxylation sites is 1. The number of fused-ring (bicyclic) bond motifs is 1. The van der Waals surface area contributed by atoms with Crippen molar-refractivity contribution in [3.63, 3.8) is 0 Å². The number of nitrogens with zero attached hydrogens (tertiary/aromatic N) is 3. The van der Waals surface area contributed by atoms with E-state index < -0.39 is 5.97 Å². The van der Waals surface area contributed by atoms with Gasteiger partial charge >= 0.3 is 5.97 Å². The standard InChI is InChI=1S/C19H16N4O4S/c1-11-5-3-4-6-14(11)23-16-13(9-20-23)17(24)22-19(21-16)28-10-12-7-8-15(27-12)18(25)26-2/h3-9H,10H2,1-2H3,(H,21,22,24). The first kappa shape index (κ1) is 18.1. The molecule has 3 aromatic heterocycles. The number of esters is 1. The van der Waals surface area contributed by atoms with Crippen molar-refractivity contribution >= 4 is 28.8 Å². The first-order chi connectivity index (χ1) is 13.6. The molecule has 0 saturated carbocycles. The number of nitrogens with one attached hydrogen (secondary N) is 1. The van der Waals surface area contributed by atoms with Gasteiger partial charge in [0, 0.05) is 0 Å². The summed E-state index contributed by atoms with van der Waals surface area (Å²) in [6, 6.07) is 11.0. The second-order valence-corrected chi connectivity index (χ2v) is 6.96. The highest BCUT2D eigenvalue weighted by Gasteiger charge is 2.15. The summed E-state index contributed by atoms with van der Waals surface area (Å²) in [5.41, 5.74) is 2.10. The molecule has 0 unspecified atom stereocenters. The number of methoxy groups -OCH3 is 1. The highest BCUT2D eigenvalue weighted by atomic mass is 32.2. The van der Waals surface area contributed by atoms with Crippen molar-refractivity contribution in [2.75, 3.05) is 7.11 Å². The second kappa shape index (κ2) is 7.35. The maximum atomic E-state index is 12.4. The Morgan fingerprint density at radius 3 is 2.89 bits per heavy atom. The summed E-state index contributed by atoms with van der Waals surface area (Å²) in [6.07, 6.45) is 1.51. The van der Waals surface area contributed by atoms with Gasteiger partial charge in [-0.2, -0.15) is 5.10 Å². The number of rotatable bonds is 5. The van der Waals surface area contributed by atoms with Gasteiger partial charge in [0.1, 0.15) is 11.1 Å². The van der Waals surface area contributed by atoms with Crippen molar-refractivity contribution in [3.05, 3.63) is 70.0 Å². The minimum atomic E-state index is -0.536. The molecule has 0 fully saturated rings. The number of furan rings is 1. The number of aromatic nitrogens is 4. The van der Waals surface area contributed by atoms with Crippen LogP contribution in [0.3, 0.4) is 0 Å². The lowest BCUT2D eigenvalue weighted by atomic mass is 10.2. The van der Waals surface area contributed by atoms with Gasteiger partial charge in [0.2, 0.25) is 5.76 Å². The molecule has 0 atom stereocenters. The number of aryl methyl sites for hydroxylation is 1. The van der Waals surface area contributed by atoms with Crippen molar-refractivity contribution in [2.24, 2.45) is 0 Å². The number of aromatic amines is 1. The van der Waals surface area contributed by atoms with Crippen LogP contribution < -0.4 is 5.56 Å². The van der Waals surface area contributed by atoms with Gasteiger partial charge in [-0.3, -0.25) is 4.79 Å². The van der Waals surface area contributed by atoms with E-state index in [4.69, 9.17) is 4.42 Å². The zero-order valence-electron chi connectivity index (χ0n) is 15.1. The monoisotopic (exact) mass is 396 g/mol. The van der Waals surface area contributed by atoms with Gasteiger partial charge in [-0.1, -0.05) is 30.0 Å². The SMILES string of the molecule is COC(=O)c1ccc(CSc2nc3c(cnn3-c3ccccc3C)c(=O)[nH]2)o1. The Hall–Kier alpha value is -3.33. The zero-order valence-corrected chi connectivity index (χ0v) is 15.9. The van der Waals surface area contributed by atoms with Crippen LogP contribution in [0.4, 0.5) is 0 Å². The Bertz CT molecular complexity index is 1220. The van der Waals surface area contributed by atoms with Crippen LogP contribution >= 0.6 is 11.8 Å². The fraction of sp³-hybridized carbons (Fsp3) is 0.158. The maximum Gasteiger partial charge on any atom is 0.373 e. The Kier molecular flexibility index (Phi) is 4.74. The lowest BCUT2D eigenvalue weighted by Crippen LogP contribution is -2.10. The molecule has 0 radical (unpaired) electrons. The van der Waals surface area contributed by atoms with Crippen molar-refractivity contribution in [1.29, 1.82) is 0 Å². The van der Waals surface area contributed by atoms with Gasteiger partial charge < -0.3 is 14.1 Å². The smallest absolute Gasteiger partial charge is 0.373 e. The van der Waals surface area contributed by atoms with Gasteiger partial charge in [0.15, 0.2) is 10.8 Å². The highest BCUT2D eigenvalue weighted by Crippen LogP contribution is 2.23. The van der Waals surface area contributed by atoms with Crippen molar-refractivity contribution in [3.8, 4) is 5.69 Å². The molecule has 0 aliphatic heterocycles. The normalized spacial score (nSPS) is 11.1. The lowest BCUT2D eigenvalue weighted by molar-refractivity contribution is 0.0563. The molecule has 9 heteroatoms. The average Bonchev–Trinajstić information content (AvgIpc) is 3.34. The van der Waals surface area contributed by atoms with Crippen LogP contribution in [0, 0.1) is 6.92 Å². The van der Waals surface area contributed by atoms with E-state index in [1.54, 1.807) is 16.8 Å². The average molecular weight is 396 g/mol. The first-order valence-corrected chi connectivity index (χ1v) is 9.39. The molecule has 0 spiro atoms. The molecule has 142 valence electrons. The predicted octanol–water partition coefficient (Wildman–Crippen LogP) is 3.09. The van der Waals surface area contributed by atoms with E-state index in [2.05, 4.69) is 19.8 Å². The molecule has 0 saturated heterocycles. The number of ether oxygens (including phenoxy) is 1. The van der Waals surface area contributed by atoms with Crippen LogP contribution in [0.15, 0.2) is 57.0 Å². The minimum absolute atomic E-state index is 0.132. The maximum absolute atomic E-state index is 12.4. The van der Waals surface area contributed by atoms with Crippen LogP contribution in [0.1, 0.15) is 21.9 Å². The molecular weight excluding hydrogens is 380 g/mol. The van der Waals surface area contributed by atoms with Crippen molar-refractivity contribution < 1.29 is 13.9 Å². The summed E-state index contributed by atoms with van der Waals surface area (Å²) in [5.74, 6) is 0.559. The number of hydrogen-bond acceptors (Lipinski definition) is 7. The summed E-state index contributed by atoms with van der Waals surface area (Å²) < 4.78 is 11.7. The number of carbonyl (C=O) groups excluding carboxylic acids is 1. The van der Waals surface area contributed by atoms with Crippen LogP contribution in [0.25, 0.3) is 16.7 Å². The minimum Gasteiger partial charge on any atom is -0.463 e. The largest absolute Gasteiger partial charge is 0.463 e. The van der Waals surface area contributed by atoms with Crippen molar-refractivity contribution in [2.45, 2.75) is 17.8 Å². The third-order valence-corrected chi connectivity index (χ3v) is 5.06. The number of carbonyl (C=O) groups is 1. The topological polar surface area (TPSA) is 103 Å². The van der Waals surface area contributed by atoms with Gasteiger partial charge in [-0.15, -0.1) is 0 Å². The fourth-order valence-electron chi connectivity index (χ4n) is 2.75. The first-order valence-electron chi connectivity index (χ1n) is 8.40. The Morgan fingerprint density at radius 2 is 2.11 bits per heavy atom. The van der Waals surface area contributed by atoms with E-state index in [1.807, 2.05) is 31.2 Å². The molecule has 0 aliphatic carbocycles. The lowest BCUT2D eigenvalue weighted by Gasteiger charge is -2.07. The number of benzene rings is 1. The number of thioether (sulfide) groups is 1. The third kappa shape index (κ3) is 3.31. The molecule has 1 N–H and O–H groups in total. The summed E-state index contributed by atoms with van der Waals surface area (Å²) >= 11 is 1.29. The molecule has 0 amide bonds. The second-order valence-electron chi connectivity index (χ2n) is 6.00. The number of H-pyrrole nitrogens is 1. The molecule has 28 heavy (non-hydrogen) atoms. The van der Waals surface area contributed by atoms with Crippen LogP contribution in [-0.4, -0.2) is 32.8 Å². The molecule has 4 rings (SSSR count). The molecule has 8 nitrogen and oxygen atoms in total. The molecule has 4 aromatic rings. The van der Waals surface area contributed by atoms with Gasteiger partial charge in [-0.25, -0.2) is 14.5 Å². The van der Waals surface area contributed by atoms with Gasteiger partial charge in [0.25, 0.3) is 5.56 Å². The van der Waals surface area contributed by atoms with Gasteiger partial charge in [-0.05, 0) is 30.7 Å². The molecule has 0 bridgehead atoms. The van der Waals surface area contributed by atoms with Crippen LogP contribution in [0.5, 0.6) is 0 Å². The van der Waals surface area contributed by atoms with Crippen LogP contribution in [0.2, 0.25) is 0 Å². The van der Waals surface area contributed by atoms with Crippen LogP contribution in [-0.2, 0) is 10.5 Å². The van der Waals surface area contributed by atoms with Gasteiger partial charge in [0.05, 0.1) is 24.7 Å². The van der Waals surface area contributed by atoms with Crippen molar-refractivity contribution in [1.82, 2.24) is 19.7 Å². The van der Waals surface area contributed by atoms with E-state index in [-0.39, 0.29) is 11.3 Å². The van der Waals surface area contributed by atoms with E-state index in [0.717, 1.165) is 11.3 Å². The highest BCUT2D eigenvalue weighted by molar-refractivity contribution is 7.98. The van der Waals surface area contributed by atoms with E-state index in [0.29, 0.717) is 27.7 Å². The Morgan fingerprint density at radius 1 is 1.29 bits per heavy atom. The van der Waals surface area contributed by atoms with E-state index in [1.165, 1.54) is 25.1 Å². The van der Waals surface area contributed by atoms with E-state index >= 15 is 0 Å². The zero-order chi connectivity index (χ0) is 19.7. The number of hydrogen-bond donors (Lipinski definition) is 1. The Labute approximate surface area is 163 Å². The summed E-state index contributed by atoms with van der Waals surface area (Å²) in [6.45, 7) is 1.97. The molecule has 3 heterocycles. The summed E-state index contributed by atoms with van der Waals surface area (Å²) in [7, 11) is 1.29. The van der Waals surface area contributed by atoms with E-state index in [9.17, 15) is 9.59 Å². The predicted molar refractivity (Wildman–Crippen MR) is 104 cm³/mol. The fourth-order valence-corrected chi connectivity index (χ4v) is 3.50. The quantitative estimate of drug-likeness (QED) is 0.314. The molecule has 0 aliphatic rings. The summed E-state index contributed by atoms with van der Waals surface area (Å²) in [4.78, 5) is 31.2. The molecular formula is C19H16N4O4S. The summed E-state index contributed by atoms with van der Waals surface area (Å²) in [5, 5.41) is 5.18. The third-order valence-electron chi connectivity index (χ3n) is 4.16. The Balaban J connectivity index is 1.64.